The standard InChI is InChI=1S/C14H21N3O3S/c1-13(2,3)11-10(21-16-15-11)12(18)17-6-4-14(5-7-17)19-8-9-20-14/h4-9H2,1-3H3. The van der Waals surface area contributed by atoms with Gasteiger partial charge in [-0.05, 0) is 11.5 Å². The molecule has 3 rings (SSSR count). The molecule has 2 fully saturated rings. The van der Waals surface area contributed by atoms with Crippen LogP contribution in [0, 0.1) is 0 Å². The Balaban J connectivity index is 1.71. The summed E-state index contributed by atoms with van der Waals surface area (Å²) in [6.45, 7) is 8.76. The van der Waals surface area contributed by atoms with Crippen LogP contribution in [0.4, 0.5) is 0 Å². The third-order valence-electron chi connectivity index (χ3n) is 4.02. The van der Waals surface area contributed by atoms with Gasteiger partial charge in [0.1, 0.15) is 4.88 Å². The van der Waals surface area contributed by atoms with Gasteiger partial charge in [-0.25, -0.2) is 0 Å². The number of amides is 1. The molecule has 6 nitrogen and oxygen atoms in total. The first-order valence-electron chi connectivity index (χ1n) is 7.31. The Morgan fingerprint density at radius 2 is 1.86 bits per heavy atom. The van der Waals surface area contributed by atoms with Crippen LogP contribution in [0.15, 0.2) is 0 Å². The first-order valence-corrected chi connectivity index (χ1v) is 8.09. The number of carbonyl (C=O) groups is 1. The molecule has 7 heteroatoms. The van der Waals surface area contributed by atoms with E-state index in [1.165, 1.54) is 11.5 Å². The van der Waals surface area contributed by atoms with Gasteiger partial charge in [0.05, 0.1) is 18.9 Å². The van der Waals surface area contributed by atoms with Gasteiger partial charge in [-0.1, -0.05) is 25.3 Å². The maximum atomic E-state index is 12.7. The van der Waals surface area contributed by atoms with E-state index >= 15 is 0 Å². The lowest BCUT2D eigenvalue weighted by molar-refractivity contribution is -0.181. The largest absolute Gasteiger partial charge is 0.347 e. The van der Waals surface area contributed by atoms with E-state index in [1.807, 2.05) is 25.7 Å². The topological polar surface area (TPSA) is 64.6 Å². The van der Waals surface area contributed by atoms with Crippen molar-refractivity contribution in [3.05, 3.63) is 10.6 Å². The van der Waals surface area contributed by atoms with Crippen molar-refractivity contribution in [2.45, 2.75) is 44.8 Å². The fraction of sp³-hybridized carbons (Fsp3) is 0.786. The third kappa shape index (κ3) is 2.82. The predicted octanol–water partition coefficient (Wildman–Crippen LogP) is 1.81. The van der Waals surface area contributed by atoms with E-state index < -0.39 is 5.79 Å². The summed E-state index contributed by atoms with van der Waals surface area (Å²) >= 11 is 1.19. The minimum atomic E-state index is -0.449. The molecule has 21 heavy (non-hydrogen) atoms. The molecule has 116 valence electrons. The zero-order valence-electron chi connectivity index (χ0n) is 12.7. The number of likely N-dealkylation sites (tertiary alicyclic amines) is 1. The van der Waals surface area contributed by atoms with Gasteiger partial charge in [0.2, 0.25) is 0 Å². The van der Waals surface area contributed by atoms with Crippen molar-refractivity contribution >= 4 is 17.4 Å². The quantitative estimate of drug-likeness (QED) is 0.791. The predicted molar refractivity (Wildman–Crippen MR) is 78.4 cm³/mol. The van der Waals surface area contributed by atoms with Crippen molar-refractivity contribution in [3.8, 4) is 0 Å². The van der Waals surface area contributed by atoms with Gasteiger partial charge in [-0.2, -0.15) is 0 Å². The van der Waals surface area contributed by atoms with Gasteiger partial charge in [-0.3, -0.25) is 4.79 Å². The lowest BCUT2D eigenvalue weighted by atomic mass is 9.91. The molecule has 3 heterocycles. The van der Waals surface area contributed by atoms with Crippen LogP contribution in [0.1, 0.15) is 49.0 Å². The maximum absolute atomic E-state index is 12.7. The summed E-state index contributed by atoms with van der Waals surface area (Å²) in [6.07, 6.45) is 1.46. The molecular weight excluding hydrogens is 290 g/mol. The van der Waals surface area contributed by atoms with Crippen LogP contribution in [0.2, 0.25) is 0 Å². The summed E-state index contributed by atoms with van der Waals surface area (Å²) in [7, 11) is 0. The molecule has 1 aromatic heterocycles. The van der Waals surface area contributed by atoms with Gasteiger partial charge in [-0.15, -0.1) is 5.10 Å². The van der Waals surface area contributed by atoms with E-state index in [9.17, 15) is 4.79 Å². The lowest BCUT2D eigenvalue weighted by Crippen LogP contribution is -2.47. The Kier molecular flexibility index (Phi) is 3.75. The highest BCUT2D eigenvalue weighted by molar-refractivity contribution is 7.08. The Bertz CT molecular complexity index is 522. The number of rotatable bonds is 1. The van der Waals surface area contributed by atoms with Crippen LogP contribution >= 0.6 is 11.5 Å². The fourth-order valence-electron chi connectivity index (χ4n) is 2.80. The molecule has 0 bridgehead atoms. The summed E-state index contributed by atoms with van der Waals surface area (Å²) in [5, 5.41) is 4.15. The van der Waals surface area contributed by atoms with Crippen molar-refractivity contribution < 1.29 is 14.3 Å². The normalized spacial score (nSPS) is 22.0. The molecule has 0 saturated carbocycles. The molecule has 0 unspecified atom stereocenters. The number of hydrogen-bond acceptors (Lipinski definition) is 6. The van der Waals surface area contributed by atoms with E-state index in [0.717, 1.165) is 18.5 Å². The highest BCUT2D eigenvalue weighted by Crippen LogP contribution is 2.33. The van der Waals surface area contributed by atoms with Crippen LogP contribution in [-0.4, -0.2) is 52.5 Å². The second-order valence-electron chi connectivity index (χ2n) is 6.60. The van der Waals surface area contributed by atoms with Gasteiger partial charge in [0.25, 0.3) is 5.91 Å². The minimum absolute atomic E-state index is 0.0303. The molecule has 0 aliphatic carbocycles. The first kappa shape index (κ1) is 14.9. The van der Waals surface area contributed by atoms with E-state index in [-0.39, 0.29) is 11.3 Å². The van der Waals surface area contributed by atoms with Crippen LogP contribution in [0.5, 0.6) is 0 Å². The maximum Gasteiger partial charge on any atom is 0.267 e. The smallest absolute Gasteiger partial charge is 0.267 e. The summed E-state index contributed by atoms with van der Waals surface area (Å²) in [6, 6.07) is 0. The van der Waals surface area contributed by atoms with E-state index in [1.54, 1.807) is 0 Å². The van der Waals surface area contributed by atoms with Gasteiger partial charge < -0.3 is 14.4 Å². The average molecular weight is 311 g/mol. The second kappa shape index (κ2) is 5.30. The van der Waals surface area contributed by atoms with Crippen LogP contribution in [0.3, 0.4) is 0 Å². The molecule has 1 amide bonds. The van der Waals surface area contributed by atoms with Gasteiger partial charge in [0.15, 0.2) is 5.79 Å². The third-order valence-corrected chi connectivity index (χ3v) is 4.73. The molecule has 1 spiro atoms. The number of piperidine rings is 1. The van der Waals surface area contributed by atoms with Crippen molar-refractivity contribution in [1.29, 1.82) is 0 Å². The Hall–Kier alpha value is -1.05. The molecule has 2 aliphatic rings. The molecule has 0 radical (unpaired) electrons. The molecule has 0 N–H and O–H groups in total. The highest BCUT2D eigenvalue weighted by Gasteiger charge is 2.41. The lowest BCUT2D eigenvalue weighted by Gasteiger charge is -2.37. The molecular formula is C14H21N3O3S. The monoisotopic (exact) mass is 311 g/mol. The van der Waals surface area contributed by atoms with Crippen molar-refractivity contribution in [2.24, 2.45) is 0 Å². The molecule has 2 aliphatic heterocycles. The van der Waals surface area contributed by atoms with Crippen molar-refractivity contribution in [1.82, 2.24) is 14.5 Å². The highest BCUT2D eigenvalue weighted by atomic mass is 32.1. The number of hydrogen-bond donors (Lipinski definition) is 0. The fourth-order valence-corrected chi connectivity index (χ4v) is 3.65. The average Bonchev–Trinajstić information content (AvgIpc) is 3.07. The molecule has 1 aromatic rings. The SMILES string of the molecule is CC(C)(C)c1nnsc1C(=O)N1CCC2(CC1)OCCO2. The molecule has 0 atom stereocenters. The Morgan fingerprint density at radius 1 is 1.24 bits per heavy atom. The van der Waals surface area contributed by atoms with E-state index in [0.29, 0.717) is 31.2 Å². The minimum Gasteiger partial charge on any atom is -0.347 e. The molecule has 0 aromatic carbocycles. The number of aromatic nitrogens is 2. The first-order chi connectivity index (χ1) is 9.91. The van der Waals surface area contributed by atoms with Crippen LogP contribution < -0.4 is 0 Å². The Labute approximate surface area is 128 Å². The van der Waals surface area contributed by atoms with Crippen LogP contribution in [0.25, 0.3) is 0 Å². The summed E-state index contributed by atoms with van der Waals surface area (Å²) in [5.74, 6) is -0.418. The van der Waals surface area contributed by atoms with E-state index in [4.69, 9.17) is 9.47 Å². The van der Waals surface area contributed by atoms with Gasteiger partial charge in [0, 0.05) is 31.3 Å². The number of carbonyl (C=O) groups excluding carboxylic acids is 1. The number of nitrogens with zero attached hydrogens (tertiary/aromatic N) is 3. The summed E-state index contributed by atoms with van der Waals surface area (Å²) < 4.78 is 15.4. The van der Waals surface area contributed by atoms with E-state index in [2.05, 4.69) is 9.59 Å². The zero-order valence-corrected chi connectivity index (χ0v) is 13.5. The zero-order chi connectivity index (χ0) is 15.1. The second-order valence-corrected chi connectivity index (χ2v) is 7.35. The van der Waals surface area contributed by atoms with Crippen molar-refractivity contribution in [3.63, 3.8) is 0 Å². The summed E-state index contributed by atoms with van der Waals surface area (Å²) in [5.41, 5.74) is 0.610. The summed E-state index contributed by atoms with van der Waals surface area (Å²) in [4.78, 5) is 15.2. The molecule has 2 saturated heterocycles. The van der Waals surface area contributed by atoms with Crippen LogP contribution in [-0.2, 0) is 14.9 Å². The van der Waals surface area contributed by atoms with Crippen molar-refractivity contribution in [2.75, 3.05) is 26.3 Å². The van der Waals surface area contributed by atoms with Gasteiger partial charge >= 0.3 is 0 Å². The Morgan fingerprint density at radius 3 is 2.43 bits per heavy atom. The number of ether oxygens (including phenoxy) is 2.